The highest BCUT2D eigenvalue weighted by Gasteiger charge is 2.44. The van der Waals surface area contributed by atoms with Crippen molar-refractivity contribution in [2.45, 2.75) is 44.8 Å². The third kappa shape index (κ3) is 5.07. The Balaban J connectivity index is 1.32. The summed E-state index contributed by atoms with van der Waals surface area (Å²) in [5.74, 6) is 2.68. The summed E-state index contributed by atoms with van der Waals surface area (Å²) in [5, 5.41) is 0.679. The Hall–Kier alpha value is -1.30. The SMILES string of the molecule is Cc1cc(Cl)ccc1OCC(=O)N1C[C@H]2C[C@@H](N(C)C)[C@H](OCC3CC3)C[C@H]2C1. The van der Waals surface area contributed by atoms with Crippen molar-refractivity contribution in [1.29, 1.82) is 0 Å². The summed E-state index contributed by atoms with van der Waals surface area (Å²) in [6.07, 6.45) is 5.09. The number of ether oxygens (including phenoxy) is 2. The van der Waals surface area contributed by atoms with Crippen LogP contribution in [0.2, 0.25) is 5.02 Å². The number of fused-ring (bicyclic) bond motifs is 1. The summed E-state index contributed by atoms with van der Waals surface area (Å²) >= 11 is 6.00. The number of carbonyl (C=O) groups excluding carboxylic acids is 1. The molecule has 4 rings (SSSR count). The van der Waals surface area contributed by atoms with Crippen LogP contribution in [0.25, 0.3) is 0 Å². The number of hydrogen-bond acceptors (Lipinski definition) is 4. The topological polar surface area (TPSA) is 42.0 Å². The highest BCUT2D eigenvalue weighted by Crippen LogP contribution is 2.40. The van der Waals surface area contributed by atoms with Crippen molar-refractivity contribution in [2.75, 3.05) is 40.4 Å². The van der Waals surface area contributed by atoms with Crippen molar-refractivity contribution < 1.29 is 14.3 Å². The first-order valence-electron chi connectivity index (χ1n) is 10.9. The molecule has 0 spiro atoms. The number of nitrogens with zero attached hydrogens (tertiary/aromatic N) is 2. The maximum Gasteiger partial charge on any atom is 0.260 e. The van der Waals surface area contributed by atoms with Gasteiger partial charge in [0.1, 0.15) is 5.75 Å². The van der Waals surface area contributed by atoms with E-state index < -0.39 is 0 Å². The Bertz CT molecular complexity index is 737. The zero-order valence-electron chi connectivity index (χ0n) is 17.8. The highest BCUT2D eigenvalue weighted by atomic mass is 35.5. The van der Waals surface area contributed by atoms with E-state index in [0.29, 0.717) is 22.9 Å². The van der Waals surface area contributed by atoms with Gasteiger partial charge in [-0.3, -0.25) is 4.79 Å². The molecule has 2 aliphatic carbocycles. The minimum atomic E-state index is 0.0746. The molecule has 5 nitrogen and oxygen atoms in total. The Morgan fingerprint density at radius 1 is 1.21 bits per heavy atom. The van der Waals surface area contributed by atoms with Gasteiger partial charge in [0, 0.05) is 30.8 Å². The molecule has 3 fully saturated rings. The van der Waals surface area contributed by atoms with E-state index in [9.17, 15) is 4.79 Å². The first-order valence-corrected chi connectivity index (χ1v) is 11.2. The van der Waals surface area contributed by atoms with Gasteiger partial charge >= 0.3 is 0 Å². The number of amides is 1. The van der Waals surface area contributed by atoms with Crippen LogP contribution < -0.4 is 4.74 Å². The van der Waals surface area contributed by atoms with Crippen LogP contribution in [-0.4, -0.2) is 68.3 Å². The summed E-state index contributed by atoms with van der Waals surface area (Å²) in [5.41, 5.74) is 0.949. The number of rotatable bonds is 7. The zero-order chi connectivity index (χ0) is 20.5. The third-order valence-corrected chi connectivity index (χ3v) is 7.07. The number of benzene rings is 1. The molecule has 1 aliphatic heterocycles. The minimum absolute atomic E-state index is 0.0746. The van der Waals surface area contributed by atoms with Crippen molar-refractivity contribution in [3.05, 3.63) is 28.8 Å². The number of aryl methyl sites for hydroxylation is 1. The van der Waals surface area contributed by atoms with Gasteiger partial charge in [0.25, 0.3) is 5.91 Å². The molecule has 4 atom stereocenters. The maximum atomic E-state index is 12.8. The third-order valence-electron chi connectivity index (χ3n) is 6.83. The lowest BCUT2D eigenvalue weighted by Crippen LogP contribution is -2.48. The zero-order valence-corrected chi connectivity index (χ0v) is 18.5. The second-order valence-corrected chi connectivity index (χ2v) is 9.77. The van der Waals surface area contributed by atoms with Crippen LogP contribution in [0.3, 0.4) is 0 Å². The number of carbonyl (C=O) groups is 1. The van der Waals surface area contributed by atoms with Gasteiger partial charge in [-0.25, -0.2) is 0 Å². The monoisotopic (exact) mass is 420 g/mol. The highest BCUT2D eigenvalue weighted by molar-refractivity contribution is 6.30. The number of likely N-dealkylation sites (N-methyl/N-ethyl adjacent to an activating group) is 1. The summed E-state index contributed by atoms with van der Waals surface area (Å²) in [6.45, 7) is 4.60. The summed E-state index contributed by atoms with van der Waals surface area (Å²) in [7, 11) is 4.30. The van der Waals surface area contributed by atoms with E-state index in [1.807, 2.05) is 24.0 Å². The van der Waals surface area contributed by atoms with Crippen LogP contribution in [0.5, 0.6) is 5.75 Å². The number of likely N-dealkylation sites (tertiary alicyclic amines) is 1. The Labute approximate surface area is 179 Å². The van der Waals surface area contributed by atoms with Crippen molar-refractivity contribution in [2.24, 2.45) is 17.8 Å². The van der Waals surface area contributed by atoms with E-state index in [2.05, 4.69) is 19.0 Å². The molecule has 2 saturated carbocycles. The van der Waals surface area contributed by atoms with Gasteiger partial charge in [-0.2, -0.15) is 0 Å². The molecule has 1 aromatic rings. The molecule has 0 bridgehead atoms. The molecule has 0 unspecified atom stereocenters. The lowest BCUT2D eigenvalue weighted by atomic mass is 9.77. The Kier molecular flexibility index (Phi) is 6.38. The van der Waals surface area contributed by atoms with Gasteiger partial charge in [0.15, 0.2) is 6.61 Å². The largest absolute Gasteiger partial charge is 0.483 e. The summed E-state index contributed by atoms with van der Waals surface area (Å²) in [4.78, 5) is 17.1. The van der Waals surface area contributed by atoms with E-state index in [4.69, 9.17) is 21.1 Å². The Morgan fingerprint density at radius 3 is 2.59 bits per heavy atom. The van der Waals surface area contributed by atoms with Crippen molar-refractivity contribution >= 4 is 17.5 Å². The average molecular weight is 421 g/mol. The molecule has 3 aliphatic rings. The van der Waals surface area contributed by atoms with E-state index in [1.165, 1.54) is 12.8 Å². The molecular formula is C23H33ClN2O3. The molecule has 29 heavy (non-hydrogen) atoms. The molecule has 1 heterocycles. The number of halogens is 1. The molecule has 0 aromatic heterocycles. The predicted octanol–water partition coefficient (Wildman–Crippen LogP) is 3.62. The van der Waals surface area contributed by atoms with Gasteiger partial charge in [0.2, 0.25) is 0 Å². The first kappa shape index (κ1) is 21.0. The normalized spacial score (nSPS) is 29.2. The molecule has 0 radical (unpaired) electrons. The molecular weight excluding hydrogens is 388 g/mol. The average Bonchev–Trinajstić information content (AvgIpc) is 3.41. The maximum absolute atomic E-state index is 12.8. The predicted molar refractivity (Wildman–Crippen MR) is 114 cm³/mol. The summed E-state index contributed by atoms with van der Waals surface area (Å²) < 4.78 is 12.1. The van der Waals surface area contributed by atoms with E-state index in [-0.39, 0.29) is 18.6 Å². The van der Waals surface area contributed by atoms with E-state index >= 15 is 0 Å². The smallest absolute Gasteiger partial charge is 0.260 e. The fourth-order valence-corrected chi connectivity index (χ4v) is 5.09. The van der Waals surface area contributed by atoms with E-state index in [0.717, 1.165) is 49.8 Å². The first-order chi connectivity index (χ1) is 13.9. The number of hydrogen-bond donors (Lipinski definition) is 0. The lowest BCUT2D eigenvalue weighted by Gasteiger charge is -2.41. The molecule has 1 aromatic carbocycles. The summed E-state index contributed by atoms with van der Waals surface area (Å²) in [6, 6.07) is 5.92. The fraction of sp³-hybridized carbons (Fsp3) is 0.696. The van der Waals surface area contributed by atoms with Gasteiger partial charge < -0.3 is 19.3 Å². The molecule has 0 N–H and O–H groups in total. The molecule has 6 heteroatoms. The van der Waals surface area contributed by atoms with Crippen molar-refractivity contribution in [1.82, 2.24) is 9.80 Å². The van der Waals surface area contributed by atoms with E-state index in [1.54, 1.807) is 6.07 Å². The van der Waals surface area contributed by atoms with Gasteiger partial charge in [-0.05, 0) is 88.2 Å². The minimum Gasteiger partial charge on any atom is -0.483 e. The van der Waals surface area contributed by atoms with Gasteiger partial charge in [0.05, 0.1) is 6.10 Å². The van der Waals surface area contributed by atoms with Crippen LogP contribution in [0, 0.1) is 24.7 Å². The molecule has 160 valence electrons. The second-order valence-electron chi connectivity index (χ2n) is 9.33. The standard InChI is InChI=1S/C23H33ClN2O3/c1-15-8-19(24)6-7-21(15)29-14-23(27)26-11-17-9-20(25(2)3)22(10-18(17)12-26)28-13-16-4-5-16/h6-8,16-18,20,22H,4-5,9-14H2,1-3H3/t17-,18+,20-,22-/m1/s1. The van der Waals surface area contributed by atoms with Crippen LogP contribution >= 0.6 is 11.6 Å². The van der Waals surface area contributed by atoms with Crippen LogP contribution in [0.4, 0.5) is 0 Å². The molecule has 1 saturated heterocycles. The van der Waals surface area contributed by atoms with Crippen LogP contribution in [-0.2, 0) is 9.53 Å². The van der Waals surface area contributed by atoms with Crippen molar-refractivity contribution in [3.63, 3.8) is 0 Å². The Morgan fingerprint density at radius 2 is 1.93 bits per heavy atom. The quantitative estimate of drug-likeness (QED) is 0.675. The molecule has 1 amide bonds. The van der Waals surface area contributed by atoms with Gasteiger partial charge in [-0.1, -0.05) is 11.6 Å². The van der Waals surface area contributed by atoms with Gasteiger partial charge in [-0.15, -0.1) is 0 Å². The van der Waals surface area contributed by atoms with Crippen LogP contribution in [0.1, 0.15) is 31.2 Å². The lowest BCUT2D eigenvalue weighted by molar-refractivity contribution is -0.132. The van der Waals surface area contributed by atoms with Crippen LogP contribution in [0.15, 0.2) is 18.2 Å². The second kappa shape index (κ2) is 8.83. The van der Waals surface area contributed by atoms with Crippen molar-refractivity contribution in [3.8, 4) is 5.75 Å². The fourth-order valence-electron chi connectivity index (χ4n) is 4.87.